The fourth-order valence-electron chi connectivity index (χ4n) is 4.32. The van der Waals surface area contributed by atoms with Crippen LogP contribution in [0, 0.1) is 5.92 Å². The minimum absolute atomic E-state index is 0.0251. The molecule has 2 amide bonds. The highest BCUT2D eigenvalue weighted by molar-refractivity contribution is 6.31. The summed E-state index contributed by atoms with van der Waals surface area (Å²) >= 11 is 6.11. The Hall–Kier alpha value is -2.01. The van der Waals surface area contributed by atoms with E-state index >= 15 is 0 Å². The van der Waals surface area contributed by atoms with E-state index in [2.05, 4.69) is 11.9 Å². The molecule has 4 rings (SSSR count). The van der Waals surface area contributed by atoms with Crippen molar-refractivity contribution in [2.75, 3.05) is 19.6 Å². The number of benzene rings is 1. The Bertz CT molecular complexity index is 854. The summed E-state index contributed by atoms with van der Waals surface area (Å²) in [4.78, 5) is 32.9. The van der Waals surface area contributed by atoms with E-state index in [0.717, 1.165) is 55.2 Å². The fraction of sp³-hybridized carbons (Fsp3) is 0.524. The number of halogens is 1. The Morgan fingerprint density at radius 1 is 1.19 bits per heavy atom. The fourth-order valence-corrected chi connectivity index (χ4v) is 4.50. The van der Waals surface area contributed by atoms with Crippen molar-refractivity contribution in [2.24, 2.45) is 5.92 Å². The van der Waals surface area contributed by atoms with Gasteiger partial charge in [-0.3, -0.25) is 9.59 Å². The minimum Gasteiger partial charge on any atom is -0.361 e. The molecule has 2 fully saturated rings. The summed E-state index contributed by atoms with van der Waals surface area (Å²) in [5.74, 6) is 0.843. The van der Waals surface area contributed by atoms with Crippen LogP contribution in [0.4, 0.5) is 0 Å². The minimum atomic E-state index is -0.292. The third-order valence-electron chi connectivity index (χ3n) is 6.02. The van der Waals surface area contributed by atoms with Gasteiger partial charge in [-0.15, -0.1) is 0 Å². The summed E-state index contributed by atoms with van der Waals surface area (Å²) in [6.45, 7) is 4.54. The van der Waals surface area contributed by atoms with Gasteiger partial charge < -0.3 is 14.8 Å². The molecule has 6 heteroatoms. The first-order valence-electron chi connectivity index (χ1n) is 9.86. The molecule has 3 heterocycles. The number of piperidine rings is 1. The summed E-state index contributed by atoms with van der Waals surface area (Å²) in [5, 5.41) is 1.63. The van der Waals surface area contributed by atoms with E-state index in [0.29, 0.717) is 23.9 Å². The van der Waals surface area contributed by atoms with Crippen LogP contribution in [0.25, 0.3) is 10.9 Å². The maximum atomic E-state index is 13.0. The number of aromatic amines is 1. The number of rotatable bonds is 3. The number of carbonyl (C=O) groups excluding carboxylic acids is 2. The van der Waals surface area contributed by atoms with Crippen molar-refractivity contribution >= 4 is 34.3 Å². The van der Waals surface area contributed by atoms with Gasteiger partial charge >= 0.3 is 0 Å². The Morgan fingerprint density at radius 2 is 1.96 bits per heavy atom. The molecule has 1 aromatic carbocycles. The van der Waals surface area contributed by atoms with Crippen LogP contribution in [0.15, 0.2) is 24.4 Å². The van der Waals surface area contributed by atoms with Gasteiger partial charge in [-0.1, -0.05) is 18.5 Å². The lowest BCUT2D eigenvalue weighted by Crippen LogP contribution is -2.50. The first-order valence-corrected chi connectivity index (χ1v) is 10.2. The molecule has 144 valence electrons. The van der Waals surface area contributed by atoms with Crippen molar-refractivity contribution in [1.82, 2.24) is 14.8 Å². The molecule has 0 radical (unpaired) electrons. The van der Waals surface area contributed by atoms with E-state index in [-0.39, 0.29) is 17.9 Å². The van der Waals surface area contributed by atoms with Gasteiger partial charge in [0.05, 0.1) is 6.42 Å². The molecule has 0 saturated carbocycles. The summed E-state index contributed by atoms with van der Waals surface area (Å²) in [6.07, 6.45) is 5.95. The molecular formula is C21H26ClN3O2. The van der Waals surface area contributed by atoms with Crippen LogP contribution in [-0.2, 0) is 16.0 Å². The molecule has 0 bridgehead atoms. The van der Waals surface area contributed by atoms with Crippen LogP contribution in [0.5, 0.6) is 0 Å². The maximum Gasteiger partial charge on any atom is 0.245 e. The van der Waals surface area contributed by atoms with E-state index in [1.807, 2.05) is 29.3 Å². The van der Waals surface area contributed by atoms with Crippen molar-refractivity contribution in [1.29, 1.82) is 0 Å². The summed E-state index contributed by atoms with van der Waals surface area (Å²) in [5.41, 5.74) is 1.90. The van der Waals surface area contributed by atoms with Gasteiger partial charge in [0.25, 0.3) is 0 Å². The number of likely N-dealkylation sites (tertiary alicyclic amines) is 2. The number of amides is 2. The Balaban J connectivity index is 1.47. The van der Waals surface area contributed by atoms with Gasteiger partial charge in [-0.2, -0.15) is 0 Å². The lowest BCUT2D eigenvalue weighted by Gasteiger charge is -2.34. The Labute approximate surface area is 164 Å². The van der Waals surface area contributed by atoms with Gasteiger partial charge in [0.15, 0.2) is 0 Å². The third kappa shape index (κ3) is 3.70. The number of carbonyl (C=O) groups is 2. The van der Waals surface area contributed by atoms with Crippen LogP contribution in [-0.4, -0.2) is 52.3 Å². The first-order chi connectivity index (χ1) is 13.0. The second-order valence-electron chi connectivity index (χ2n) is 7.93. The van der Waals surface area contributed by atoms with Crippen molar-refractivity contribution < 1.29 is 9.59 Å². The zero-order valence-electron chi connectivity index (χ0n) is 15.7. The van der Waals surface area contributed by atoms with Crippen LogP contribution >= 0.6 is 11.6 Å². The molecule has 2 aliphatic heterocycles. The summed E-state index contributed by atoms with van der Waals surface area (Å²) < 4.78 is 0. The molecule has 0 spiro atoms. The van der Waals surface area contributed by atoms with Gasteiger partial charge in [0.1, 0.15) is 6.04 Å². The first kappa shape index (κ1) is 18.4. The molecular weight excluding hydrogens is 362 g/mol. The van der Waals surface area contributed by atoms with Crippen LogP contribution in [0.3, 0.4) is 0 Å². The monoisotopic (exact) mass is 387 g/mol. The molecule has 2 saturated heterocycles. The van der Waals surface area contributed by atoms with E-state index in [4.69, 9.17) is 11.6 Å². The molecule has 1 unspecified atom stereocenters. The van der Waals surface area contributed by atoms with Gasteiger partial charge in [0, 0.05) is 41.8 Å². The SMILES string of the molecule is CC1CCN(C(=O)C2CCCN2C(=O)Cc2c[nH]c3ccc(Cl)cc23)CC1. The average Bonchev–Trinajstić information content (AvgIpc) is 3.29. The standard InChI is InChI=1S/C21H26ClN3O2/c1-14-6-9-24(10-7-14)21(27)19-3-2-8-25(19)20(26)11-15-13-23-18-5-4-16(22)12-17(15)18/h4-5,12-14,19,23H,2-3,6-11H2,1H3. The van der Waals surface area contributed by atoms with Crippen molar-refractivity contribution in [3.63, 3.8) is 0 Å². The number of H-pyrrole nitrogens is 1. The van der Waals surface area contributed by atoms with E-state index in [1.54, 1.807) is 4.90 Å². The second kappa shape index (κ2) is 7.55. The molecule has 5 nitrogen and oxygen atoms in total. The largest absolute Gasteiger partial charge is 0.361 e. The maximum absolute atomic E-state index is 13.0. The number of fused-ring (bicyclic) bond motifs is 1. The third-order valence-corrected chi connectivity index (χ3v) is 6.26. The molecule has 1 aromatic heterocycles. The predicted molar refractivity (Wildman–Crippen MR) is 107 cm³/mol. The molecule has 1 atom stereocenters. The smallest absolute Gasteiger partial charge is 0.245 e. The highest BCUT2D eigenvalue weighted by atomic mass is 35.5. The van der Waals surface area contributed by atoms with Crippen molar-refractivity contribution in [2.45, 2.75) is 45.1 Å². The van der Waals surface area contributed by atoms with Crippen molar-refractivity contribution in [3.8, 4) is 0 Å². The lowest BCUT2D eigenvalue weighted by molar-refractivity contribution is -0.144. The van der Waals surface area contributed by atoms with E-state index in [1.165, 1.54) is 0 Å². The van der Waals surface area contributed by atoms with Crippen LogP contribution in [0.1, 0.15) is 38.2 Å². The topological polar surface area (TPSA) is 56.4 Å². The molecule has 1 N–H and O–H groups in total. The van der Waals surface area contributed by atoms with Gasteiger partial charge in [-0.25, -0.2) is 0 Å². The number of aromatic nitrogens is 1. The zero-order chi connectivity index (χ0) is 19.0. The van der Waals surface area contributed by atoms with Gasteiger partial charge in [-0.05, 0) is 55.4 Å². The molecule has 27 heavy (non-hydrogen) atoms. The quantitative estimate of drug-likeness (QED) is 0.874. The highest BCUT2D eigenvalue weighted by Crippen LogP contribution is 2.26. The normalized spacial score (nSPS) is 21.2. The Morgan fingerprint density at radius 3 is 2.74 bits per heavy atom. The van der Waals surface area contributed by atoms with E-state index < -0.39 is 0 Å². The lowest BCUT2D eigenvalue weighted by atomic mass is 9.98. The summed E-state index contributed by atoms with van der Waals surface area (Å²) in [6, 6.07) is 5.35. The number of hydrogen-bond donors (Lipinski definition) is 1. The van der Waals surface area contributed by atoms with Crippen LogP contribution < -0.4 is 0 Å². The summed E-state index contributed by atoms with van der Waals surface area (Å²) in [7, 11) is 0. The van der Waals surface area contributed by atoms with E-state index in [9.17, 15) is 9.59 Å². The second-order valence-corrected chi connectivity index (χ2v) is 8.37. The van der Waals surface area contributed by atoms with Crippen LogP contribution in [0.2, 0.25) is 5.02 Å². The highest BCUT2D eigenvalue weighted by Gasteiger charge is 2.37. The molecule has 2 aliphatic rings. The Kier molecular flexibility index (Phi) is 5.13. The van der Waals surface area contributed by atoms with Gasteiger partial charge in [0.2, 0.25) is 11.8 Å². The number of nitrogens with zero attached hydrogens (tertiary/aromatic N) is 2. The average molecular weight is 388 g/mol. The number of nitrogens with one attached hydrogen (secondary N) is 1. The predicted octanol–water partition coefficient (Wildman–Crippen LogP) is 3.61. The molecule has 0 aliphatic carbocycles. The molecule has 2 aromatic rings. The zero-order valence-corrected chi connectivity index (χ0v) is 16.5. The number of hydrogen-bond acceptors (Lipinski definition) is 2. The van der Waals surface area contributed by atoms with Crippen molar-refractivity contribution in [3.05, 3.63) is 35.0 Å².